The van der Waals surface area contributed by atoms with E-state index in [1.165, 1.54) is 0 Å². The minimum absolute atomic E-state index is 0.518. The fourth-order valence-electron chi connectivity index (χ4n) is 1.54. The van der Waals surface area contributed by atoms with Crippen LogP contribution in [0.1, 0.15) is 41.5 Å². The van der Waals surface area contributed by atoms with Crippen molar-refractivity contribution in [2.45, 2.75) is 59.9 Å². The van der Waals surface area contributed by atoms with Gasteiger partial charge in [-0.05, 0) is 20.8 Å². The van der Waals surface area contributed by atoms with Gasteiger partial charge in [0, 0.05) is 11.5 Å². The summed E-state index contributed by atoms with van der Waals surface area (Å²) in [7, 11) is 0. The van der Waals surface area contributed by atoms with Crippen molar-refractivity contribution in [3.05, 3.63) is 12.2 Å². The molecule has 0 radical (unpaired) electrons. The molecule has 0 saturated carbocycles. The molecule has 0 aromatic carbocycles. The van der Waals surface area contributed by atoms with Gasteiger partial charge in [-0.25, -0.2) is 4.79 Å². The maximum Gasteiger partial charge on any atom is 0.422 e. The van der Waals surface area contributed by atoms with Crippen LogP contribution in [0.15, 0.2) is 12.2 Å². The monoisotopic (exact) mass is 337 g/mol. The first-order chi connectivity index (χ1) is 10.1. The fourth-order valence-corrected chi connectivity index (χ4v) is 1.54. The largest absolute Gasteiger partial charge is 0.449 e. The highest BCUT2D eigenvalue weighted by molar-refractivity contribution is 6.01. The number of rotatable bonds is 4. The Morgan fingerprint density at radius 2 is 1.48 bits per heavy atom. The Labute approximate surface area is 133 Å². The van der Waals surface area contributed by atoms with Gasteiger partial charge >= 0.3 is 12.1 Å². The highest BCUT2D eigenvalue weighted by Crippen LogP contribution is 2.26. The maximum absolute atomic E-state index is 12.4. The van der Waals surface area contributed by atoms with E-state index in [-0.39, 0.29) is 0 Å². The lowest BCUT2D eigenvalue weighted by Gasteiger charge is -2.32. The summed E-state index contributed by atoms with van der Waals surface area (Å²) >= 11 is 0. The van der Waals surface area contributed by atoms with Crippen LogP contribution in [0.25, 0.3) is 0 Å². The van der Waals surface area contributed by atoms with E-state index in [2.05, 4.69) is 11.3 Å². The molecule has 0 aliphatic rings. The second kappa shape index (κ2) is 7.14. The number of carbonyl (C=O) groups excluding carboxylic acids is 3. The second-order valence-electron chi connectivity index (χ2n) is 6.38. The molecule has 0 aliphatic heterocycles. The number of esters is 1. The van der Waals surface area contributed by atoms with Crippen molar-refractivity contribution in [3.63, 3.8) is 0 Å². The molecule has 0 N–H and O–H groups in total. The van der Waals surface area contributed by atoms with Gasteiger partial charge < -0.3 is 4.74 Å². The van der Waals surface area contributed by atoms with Gasteiger partial charge in [-0.2, -0.15) is 13.2 Å². The van der Waals surface area contributed by atoms with Gasteiger partial charge in [0.2, 0.25) is 5.91 Å². The molecule has 23 heavy (non-hydrogen) atoms. The van der Waals surface area contributed by atoms with Crippen molar-refractivity contribution in [1.29, 1.82) is 0 Å². The zero-order chi connectivity index (χ0) is 18.7. The number of hydrogen-bond acceptors (Lipinski definition) is 4. The van der Waals surface area contributed by atoms with E-state index in [0.29, 0.717) is 0 Å². The van der Waals surface area contributed by atoms with Crippen LogP contribution in [-0.2, 0) is 19.1 Å². The molecule has 0 bridgehead atoms. The van der Waals surface area contributed by atoms with Crippen LogP contribution in [0.4, 0.5) is 13.2 Å². The molecule has 0 saturated heterocycles. The second-order valence-corrected chi connectivity index (χ2v) is 6.38. The zero-order valence-corrected chi connectivity index (χ0v) is 14.1. The highest BCUT2D eigenvalue weighted by Gasteiger charge is 2.41. The molecule has 5 nitrogen and oxygen atoms in total. The Balaban J connectivity index is 5.22. The Morgan fingerprint density at radius 1 is 1.04 bits per heavy atom. The number of imide groups is 1. The third-order valence-electron chi connectivity index (χ3n) is 2.83. The van der Waals surface area contributed by atoms with Gasteiger partial charge in [-0.15, -0.1) is 0 Å². The van der Waals surface area contributed by atoms with Crippen molar-refractivity contribution in [2.75, 3.05) is 0 Å². The van der Waals surface area contributed by atoms with Crippen molar-refractivity contribution < 1.29 is 32.3 Å². The highest BCUT2D eigenvalue weighted by atomic mass is 19.4. The van der Waals surface area contributed by atoms with E-state index < -0.39 is 47.1 Å². The zero-order valence-electron chi connectivity index (χ0n) is 14.1. The lowest BCUT2D eigenvalue weighted by atomic mass is 9.93. The summed E-state index contributed by atoms with van der Waals surface area (Å²) in [5.74, 6) is -3.15. The van der Waals surface area contributed by atoms with Crippen LogP contribution in [0.5, 0.6) is 0 Å². The third-order valence-corrected chi connectivity index (χ3v) is 2.83. The summed E-state index contributed by atoms with van der Waals surface area (Å²) in [5, 5.41) is 0. The molecular formula is C15H22F3NO4. The van der Waals surface area contributed by atoms with Crippen molar-refractivity contribution in [1.82, 2.24) is 4.90 Å². The predicted molar refractivity (Wildman–Crippen MR) is 77.2 cm³/mol. The number of halogens is 3. The van der Waals surface area contributed by atoms with E-state index in [1.807, 2.05) is 0 Å². The van der Waals surface area contributed by atoms with E-state index in [9.17, 15) is 27.6 Å². The first kappa shape index (κ1) is 21.1. The standard InChI is InChI=1S/C15H22F3NO4/c1-8(2)19(13(22)14(5,6)7)11(20)10(4)23-12(21)9(3)15(16,17)18/h8,10H,3H2,1-2,4-7H3. The topological polar surface area (TPSA) is 63.7 Å². The summed E-state index contributed by atoms with van der Waals surface area (Å²) < 4.78 is 41.6. The molecule has 0 aliphatic carbocycles. The minimum Gasteiger partial charge on any atom is -0.449 e. The summed E-state index contributed by atoms with van der Waals surface area (Å²) in [5.41, 5.74) is -2.59. The van der Waals surface area contributed by atoms with Crippen molar-refractivity contribution in [3.8, 4) is 0 Å². The minimum atomic E-state index is -4.95. The summed E-state index contributed by atoms with van der Waals surface area (Å²) in [6.07, 6.45) is -6.49. The van der Waals surface area contributed by atoms with E-state index in [0.717, 1.165) is 11.8 Å². The molecule has 0 aromatic rings. The first-order valence-electron chi connectivity index (χ1n) is 6.95. The third kappa shape index (κ3) is 5.69. The van der Waals surface area contributed by atoms with Crippen LogP contribution in [0.2, 0.25) is 0 Å². The average Bonchev–Trinajstić information content (AvgIpc) is 2.34. The van der Waals surface area contributed by atoms with E-state index in [1.54, 1.807) is 34.6 Å². The average molecular weight is 337 g/mol. The Morgan fingerprint density at radius 3 is 1.78 bits per heavy atom. The van der Waals surface area contributed by atoms with Crippen LogP contribution in [-0.4, -0.2) is 41.0 Å². The van der Waals surface area contributed by atoms with Crippen molar-refractivity contribution >= 4 is 17.8 Å². The Bertz CT molecular complexity index is 504. The molecule has 132 valence electrons. The summed E-state index contributed by atoms with van der Waals surface area (Å²) in [6, 6.07) is -0.541. The molecule has 1 atom stereocenters. The summed E-state index contributed by atoms with van der Waals surface area (Å²) in [6.45, 7) is 11.6. The number of hydrogen-bond donors (Lipinski definition) is 0. The fraction of sp³-hybridized carbons (Fsp3) is 0.667. The predicted octanol–water partition coefficient (Wildman–Crippen LogP) is 2.85. The number of amides is 2. The normalized spacial score (nSPS) is 13.5. The molecule has 8 heteroatoms. The molecule has 0 fully saturated rings. The number of alkyl halides is 3. The van der Waals surface area contributed by atoms with Crippen LogP contribution in [0.3, 0.4) is 0 Å². The van der Waals surface area contributed by atoms with Gasteiger partial charge in [0.25, 0.3) is 5.91 Å². The molecule has 2 amide bonds. The molecular weight excluding hydrogens is 315 g/mol. The Hall–Kier alpha value is -1.86. The maximum atomic E-state index is 12.4. The van der Waals surface area contributed by atoms with Gasteiger partial charge in [-0.1, -0.05) is 27.4 Å². The molecule has 1 unspecified atom stereocenters. The van der Waals surface area contributed by atoms with Gasteiger partial charge in [-0.3, -0.25) is 14.5 Å². The number of nitrogens with zero attached hydrogens (tertiary/aromatic N) is 1. The lowest BCUT2D eigenvalue weighted by molar-refractivity contribution is -0.168. The van der Waals surface area contributed by atoms with E-state index >= 15 is 0 Å². The van der Waals surface area contributed by atoms with Gasteiger partial charge in [0.05, 0.1) is 0 Å². The van der Waals surface area contributed by atoms with Crippen LogP contribution >= 0.6 is 0 Å². The van der Waals surface area contributed by atoms with Crippen LogP contribution in [0, 0.1) is 5.41 Å². The molecule has 0 heterocycles. The van der Waals surface area contributed by atoms with Crippen molar-refractivity contribution in [2.24, 2.45) is 5.41 Å². The van der Waals surface area contributed by atoms with Gasteiger partial charge in [0.15, 0.2) is 6.10 Å². The lowest BCUT2D eigenvalue weighted by Crippen LogP contribution is -2.51. The summed E-state index contributed by atoms with van der Waals surface area (Å²) in [4.78, 5) is 36.8. The number of carbonyl (C=O) groups is 3. The SMILES string of the molecule is C=C(C(=O)OC(C)C(=O)N(C(=O)C(C)(C)C)C(C)C)C(F)(F)F. The first-order valence-corrected chi connectivity index (χ1v) is 6.95. The van der Waals surface area contributed by atoms with Crippen LogP contribution < -0.4 is 0 Å². The molecule has 0 aromatic heterocycles. The Kier molecular flexibility index (Phi) is 6.56. The quantitative estimate of drug-likeness (QED) is 0.584. The molecule has 0 spiro atoms. The smallest absolute Gasteiger partial charge is 0.422 e. The van der Waals surface area contributed by atoms with Gasteiger partial charge in [0.1, 0.15) is 5.57 Å². The molecule has 0 rings (SSSR count). The number of ether oxygens (including phenoxy) is 1. The van der Waals surface area contributed by atoms with E-state index in [4.69, 9.17) is 0 Å².